The fraction of sp³-hybridized carbons (Fsp3) is 0.182. The maximum Gasteiger partial charge on any atom is 0.417 e. The topological polar surface area (TPSA) is 47.0 Å². The van der Waals surface area contributed by atoms with Crippen LogP contribution in [-0.4, -0.2) is 16.6 Å². The van der Waals surface area contributed by atoms with Gasteiger partial charge in [0, 0.05) is 16.1 Å². The Bertz CT molecular complexity index is 1240. The van der Waals surface area contributed by atoms with Crippen LogP contribution in [-0.2, 0) is 6.18 Å². The molecule has 9 heteroatoms. The van der Waals surface area contributed by atoms with Gasteiger partial charge in [-0.3, -0.25) is 0 Å². The number of fused-ring (bicyclic) bond motifs is 1. The van der Waals surface area contributed by atoms with Crippen LogP contribution in [0, 0.1) is 6.92 Å². The van der Waals surface area contributed by atoms with Gasteiger partial charge in [0.1, 0.15) is 22.7 Å². The maximum absolute atomic E-state index is 13.3. The van der Waals surface area contributed by atoms with Crippen LogP contribution in [0.5, 0.6) is 5.75 Å². The number of nitrogens with one attached hydrogen (secondary N) is 1. The van der Waals surface area contributed by atoms with E-state index in [0.29, 0.717) is 12.4 Å². The molecule has 31 heavy (non-hydrogen) atoms. The van der Waals surface area contributed by atoms with Crippen LogP contribution in [0.2, 0.25) is 5.02 Å². The second-order valence-electron chi connectivity index (χ2n) is 6.71. The molecule has 0 spiro atoms. The zero-order chi connectivity index (χ0) is 22.2. The van der Waals surface area contributed by atoms with Gasteiger partial charge >= 0.3 is 6.18 Å². The molecule has 160 valence electrons. The van der Waals surface area contributed by atoms with E-state index in [1.54, 1.807) is 0 Å². The number of anilines is 2. The highest BCUT2D eigenvalue weighted by Gasteiger charge is 2.33. The molecule has 2 aromatic heterocycles. The van der Waals surface area contributed by atoms with Gasteiger partial charge in [-0.2, -0.15) is 13.2 Å². The van der Waals surface area contributed by atoms with Crippen molar-refractivity contribution in [3.63, 3.8) is 0 Å². The van der Waals surface area contributed by atoms with E-state index in [1.807, 2.05) is 38.1 Å². The van der Waals surface area contributed by atoms with Crippen molar-refractivity contribution in [3.8, 4) is 16.9 Å². The van der Waals surface area contributed by atoms with Crippen molar-refractivity contribution in [2.45, 2.75) is 20.0 Å². The Balaban J connectivity index is 1.80. The normalized spacial score (nSPS) is 11.7. The lowest BCUT2D eigenvalue weighted by atomic mass is 10.0. The molecule has 0 fully saturated rings. The van der Waals surface area contributed by atoms with E-state index in [4.69, 9.17) is 16.3 Å². The molecule has 0 aliphatic rings. The van der Waals surface area contributed by atoms with Gasteiger partial charge in [-0.25, -0.2) is 9.97 Å². The van der Waals surface area contributed by atoms with Crippen LogP contribution in [0.1, 0.15) is 17.4 Å². The third-order valence-electron chi connectivity index (χ3n) is 4.65. The van der Waals surface area contributed by atoms with Crippen molar-refractivity contribution in [1.29, 1.82) is 0 Å². The van der Waals surface area contributed by atoms with Gasteiger partial charge in [-0.05, 0) is 49.7 Å². The van der Waals surface area contributed by atoms with Crippen molar-refractivity contribution in [2.75, 3.05) is 11.9 Å². The highest BCUT2D eigenvalue weighted by molar-refractivity contribution is 7.19. The number of hydrogen-bond donors (Lipinski definition) is 1. The lowest BCUT2D eigenvalue weighted by Gasteiger charge is -2.13. The van der Waals surface area contributed by atoms with E-state index >= 15 is 0 Å². The van der Waals surface area contributed by atoms with Crippen LogP contribution >= 0.6 is 22.9 Å². The predicted octanol–water partition coefficient (Wildman–Crippen LogP) is 7.48. The van der Waals surface area contributed by atoms with E-state index in [9.17, 15) is 13.2 Å². The molecule has 2 aromatic carbocycles. The molecule has 0 unspecified atom stereocenters. The summed E-state index contributed by atoms with van der Waals surface area (Å²) in [5.41, 5.74) is 1.20. The number of alkyl halides is 3. The number of ether oxygens (including phenoxy) is 1. The second-order valence-corrected chi connectivity index (χ2v) is 8.32. The fourth-order valence-corrected chi connectivity index (χ4v) is 4.57. The molecule has 0 radical (unpaired) electrons. The third-order valence-corrected chi connectivity index (χ3v) is 6.00. The van der Waals surface area contributed by atoms with Crippen LogP contribution in [0.25, 0.3) is 21.3 Å². The highest BCUT2D eigenvalue weighted by Crippen LogP contribution is 2.42. The van der Waals surface area contributed by atoms with E-state index < -0.39 is 11.7 Å². The van der Waals surface area contributed by atoms with Crippen molar-refractivity contribution in [2.24, 2.45) is 0 Å². The number of nitrogens with zero attached hydrogens (tertiary/aromatic N) is 2. The largest absolute Gasteiger partial charge is 0.494 e. The molecule has 0 aliphatic heterocycles. The Morgan fingerprint density at radius 3 is 2.52 bits per heavy atom. The quantitative estimate of drug-likeness (QED) is 0.333. The fourth-order valence-electron chi connectivity index (χ4n) is 3.33. The molecule has 0 atom stereocenters. The smallest absolute Gasteiger partial charge is 0.417 e. The molecule has 4 aromatic rings. The summed E-state index contributed by atoms with van der Waals surface area (Å²) in [5, 5.41) is 3.41. The molecule has 2 heterocycles. The number of thiophene rings is 1. The number of rotatable bonds is 5. The average molecular weight is 464 g/mol. The average Bonchev–Trinajstić information content (AvgIpc) is 3.06. The van der Waals surface area contributed by atoms with Gasteiger partial charge in [-0.1, -0.05) is 23.7 Å². The summed E-state index contributed by atoms with van der Waals surface area (Å²) in [6.45, 7) is 4.47. The monoisotopic (exact) mass is 463 g/mol. The molecule has 0 saturated heterocycles. The number of aryl methyl sites for hydroxylation is 1. The van der Waals surface area contributed by atoms with Crippen molar-refractivity contribution in [1.82, 2.24) is 9.97 Å². The molecule has 0 saturated carbocycles. The first-order valence-corrected chi connectivity index (χ1v) is 10.6. The lowest BCUT2D eigenvalue weighted by Crippen LogP contribution is -2.06. The number of halogens is 4. The van der Waals surface area contributed by atoms with Gasteiger partial charge in [0.15, 0.2) is 0 Å². The van der Waals surface area contributed by atoms with Gasteiger partial charge in [-0.15, -0.1) is 11.3 Å². The van der Waals surface area contributed by atoms with Gasteiger partial charge in [0.2, 0.25) is 0 Å². The van der Waals surface area contributed by atoms with Crippen LogP contribution in [0.3, 0.4) is 0 Å². The van der Waals surface area contributed by atoms with Gasteiger partial charge in [0.25, 0.3) is 0 Å². The molecular weight excluding hydrogens is 447 g/mol. The maximum atomic E-state index is 13.3. The van der Waals surface area contributed by atoms with Gasteiger partial charge in [0.05, 0.1) is 22.6 Å². The second kappa shape index (κ2) is 8.36. The molecule has 0 amide bonds. The summed E-state index contributed by atoms with van der Waals surface area (Å²) in [6, 6.07) is 11.3. The van der Waals surface area contributed by atoms with Crippen LogP contribution in [0.4, 0.5) is 24.7 Å². The SMILES string of the molecule is CCOc1ccc(-c2c(C)sc3ncnc(Nc4ccc(Cl)c(C(F)(F)F)c4)c23)cc1. The van der Waals surface area contributed by atoms with E-state index in [1.165, 1.54) is 29.8 Å². The summed E-state index contributed by atoms with van der Waals surface area (Å²) in [5.74, 6) is 1.19. The van der Waals surface area contributed by atoms with Crippen molar-refractivity contribution >= 4 is 44.7 Å². The van der Waals surface area contributed by atoms with Crippen molar-refractivity contribution in [3.05, 3.63) is 64.3 Å². The minimum absolute atomic E-state index is 0.234. The third kappa shape index (κ3) is 4.31. The lowest BCUT2D eigenvalue weighted by molar-refractivity contribution is -0.137. The first kappa shape index (κ1) is 21.4. The standard InChI is InChI=1S/C22H17ClF3N3OS/c1-3-30-15-7-4-13(5-8-15)18-12(2)31-21-19(18)20(27-11-28-21)29-14-6-9-17(23)16(10-14)22(24,25)26/h4-11H,3H2,1-2H3,(H,27,28,29). The Morgan fingerprint density at radius 2 is 1.84 bits per heavy atom. The molecule has 0 bridgehead atoms. The summed E-state index contributed by atoms with van der Waals surface area (Å²) in [7, 11) is 0. The molecule has 1 N–H and O–H groups in total. The number of benzene rings is 2. The summed E-state index contributed by atoms with van der Waals surface area (Å²) in [6.07, 6.45) is -3.16. The molecule has 0 aliphatic carbocycles. The molecule has 4 nitrogen and oxygen atoms in total. The number of hydrogen-bond acceptors (Lipinski definition) is 5. The summed E-state index contributed by atoms with van der Waals surface area (Å²) < 4.78 is 45.3. The summed E-state index contributed by atoms with van der Waals surface area (Å²) >= 11 is 7.24. The zero-order valence-electron chi connectivity index (χ0n) is 16.5. The highest BCUT2D eigenvalue weighted by atomic mass is 35.5. The van der Waals surface area contributed by atoms with Crippen LogP contribution in [0.15, 0.2) is 48.8 Å². The summed E-state index contributed by atoms with van der Waals surface area (Å²) in [4.78, 5) is 10.4. The Hall–Kier alpha value is -2.84. The van der Waals surface area contributed by atoms with E-state index in [-0.39, 0.29) is 10.7 Å². The van der Waals surface area contributed by atoms with E-state index in [0.717, 1.165) is 38.0 Å². The van der Waals surface area contributed by atoms with Crippen molar-refractivity contribution < 1.29 is 17.9 Å². The van der Waals surface area contributed by atoms with Crippen LogP contribution < -0.4 is 10.1 Å². The minimum atomic E-state index is -4.55. The first-order valence-electron chi connectivity index (χ1n) is 9.39. The Labute approximate surface area is 185 Å². The first-order chi connectivity index (χ1) is 14.8. The van der Waals surface area contributed by atoms with Gasteiger partial charge < -0.3 is 10.1 Å². The molecular formula is C22H17ClF3N3OS. The Morgan fingerprint density at radius 1 is 1.10 bits per heavy atom. The van der Waals surface area contributed by atoms with E-state index in [2.05, 4.69) is 15.3 Å². The number of aromatic nitrogens is 2. The Kier molecular flexibility index (Phi) is 5.77. The molecule has 4 rings (SSSR count). The minimum Gasteiger partial charge on any atom is -0.494 e. The predicted molar refractivity (Wildman–Crippen MR) is 118 cm³/mol. The zero-order valence-corrected chi connectivity index (χ0v) is 18.1.